The monoisotopic (exact) mass is 561 g/mol. The minimum Gasteiger partial charge on any atom is -0.493 e. The van der Waals surface area contributed by atoms with Gasteiger partial charge in [-0.15, -0.1) is 0 Å². The highest BCUT2D eigenvalue weighted by atomic mass is 16.5. The Hall–Kier alpha value is -4.73. The molecule has 1 aliphatic rings. The number of carbonyl (C=O) groups is 3. The summed E-state index contributed by atoms with van der Waals surface area (Å²) in [6.45, 7) is 3.14. The van der Waals surface area contributed by atoms with E-state index >= 15 is 0 Å². The van der Waals surface area contributed by atoms with Gasteiger partial charge in [-0.05, 0) is 60.2 Å². The molecule has 0 fully saturated rings. The van der Waals surface area contributed by atoms with E-state index in [0.29, 0.717) is 35.8 Å². The first-order valence-electron chi connectivity index (χ1n) is 13.3. The Morgan fingerprint density at radius 3 is 2.34 bits per heavy atom. The van der Waals surface area contributed by atoms with Gasteiger partial charge in [-0.3, -0.25) is 9.59 Å². The van der Waals surface area contributed by atoms with E-state index in [1.54, 1.807) is 34.3 Å². The number of anilines is 1. The molecule has 10 heteroatoms. The van der Waals surface area contributed by atoms with Crippen molar-refractivity contribution in [1.29, 1.82) is 0 Å². The molecule has 2 atom stereocenters. The van der Waals surface area contributed by atoms with Gasteiger partial charge in [0.2, 0.25) is 17.6 Å². The number of rotatable bonds is 9. The first kappa shape index (κ1) is 29.3. The lowest BCUT2D eigenvalue weighted by Gasteiger charge is -2.22. The van der Waals surface area contributed by atoms with Gasteiger partial charge < -0.3 is 34.9 Å². The Balaban J connectivity index is 1.59. The summed E-state index contributed by atoms with van der Waals surface area (Å²) < 4.78 is 22.2. The molecule has 216 valence electrons. The van der Waals surface area contributed by atoms with Crippen LogP contribution >= 0.6 is 0 Å². The zero-order chi connectivity index (χ0) is 29.5. The van der Waals surface area contributed by atoms with Crippen LogP contribution < -0.4 is 30.2 Å². The van der Waals surface area contributed by atoms with Crippen LogP contribution in [-0.2, 0) is 27.4 Å². The molecule has 0 saturated heterocycles. The Bertz CT molecular complexity index is 1420. The number of hydrogen-bond acceptors (Lipinski definition) is 7. The van der Waals surface area contributed by atoms with E-state index < -0.39 is 18.0 Å². The number of carbonyl (C=O) groups excluding carboxylic acids is 3. The van der Waals surface area contributed by atoms with Crippen molar-refractivity contribution >= 4 is 23.6 Å². The molecule has 0 aliphatic heterocycles. The second-order valence-electron chi connectivity index (χ2n) is 9.69. The Morgan fingerprint density at radius 1 is 0.951 bits per heavy atom. The van der Waals surface area contributed by atoms with Crippen LogP contribution in [0.5, 0.6) is 17.2 Å². The highest BCUT2D eigenvalue weighted by Gasteiger charge is 2.30. The van der Waals surface area contributed by atoms with Crippen molar-refractivity contribution < 1.29 is 33.3 Å². The lowest BCUT2D eigenvalue weighted by atomic mass is 9.93. The van der Waals surface area contributed by atoms with Crippen LogP contribution in [0, 0.1) is 0 Å². The number of methoxy groups -OCH3 is 3. The Kier molecular flexibility index (Phi) is 9.34. The predicted octanol–water partition coefficient (Wildman–Crippen LogP) is 4.76. The Morgan fingerprint density at radius 2 is 1.68 bits per heavy atom. The van der Waals surface area contributed by atoms with Crippen LogP contribution in [0.25, 0.3) is 11.1 Å². The molecule has 0 spiro atoms. The molecule has 10 nitrogen and oxygen atoms in total. The molecule has 1 aliphatic carbocycles. The van der Waals surface area contributed by atoms with Crippen LogP contribution in [0.2, 0.25) is 0 Å². The van der Waals surface area contributed by atoms with Crippen molar-refractivity contribution in [2.75, 3.05) is 26.6 Å². The summed E-state index contributed by atoms with van der Waals surface area (Å²) in [5.41, 5.74) is 4.82. The number of aryl methyl sites for hydroxylation is 1. The highest BCUT2D eigenvalue weighted by Crippen LogP contribution is 2.50. The van der Waals surface area contributed by atoms with Gasteiger partial charge in [0.15, 0.2) is 11.5 Å². The molecule has 3 aromatic rings. The molecule has 3 N–H and O–H groups in total. The fourth-order valence-corrected chi connectivity index (χ4v) is 4.96. The maximum Gasteiger partial charge on any atom is 0.408 e. The lowest BCUT2D eigenvalue weighted by Crippen LogP contribution is -2.41. The maximum atomic E-state index is 13.0. The van der Waals surface area contributed by atoms with E-state index in [2.05, 4.69) is 16.0 Å². The number of alkyl carbamates (subject to hydrolysis) is 1. The van der Waals surface area contributed by atoms with E-state index in [4.69, 9.17) is 18.9 Å². The van der Waals surface area contributed by atoms with Crippen molar-refractivity contribution in [2.24, 2.45) is 0 Å². The fraction of sp³-hybridized carbons (Fsp3) is 0.323. The summed E-state index contributed by atoms with van der Waals surface area (Å²) >= 11 is 0. The van der Waals surface area contributed by atoms with Crippen LogP contribution in [-0.4, -0.2) is 45.3 Å². The highest BCUT2D eigenvalue weighted by molar-refractivity contribution is 5.97. The molecule has 0 aromatic heterocycles. The van der Waals surface area contributed by atoms with E-state index in [0.717, 1.165) is 27.8 Å². The summed E-state index contributed by atoms with van der Waals surface area (Å²) in [6.07, 6.45) is 0.553. The molecule has 4 rings (SSSR count). The van der Waals surface area contributed by atoms with Crippen molar-refractivity contribution in [1.82, 2.24) is 10.6 Å². The van der Waals surface area contributed by atoms with Gasteiger partial charge >= 0.3 is 6.09 Å². The molecular weight excluding hydrogens is 526 g/mol. The summed E-state index contributed by atoms with van der Waals surface area (Å²) in [5.74, 6) is 0.950. The Labute approximate surface area is 239 Å². The number of nitrogens with one attached hydrogen (secondary N) is 3. The quantitative estimate of drug-likeness (QED) is 0.344. The summed E-state index contributed by atoms with van der Waals surface area (Å²) in [4.78, 5) is 37.4. The third kappa shape index (κ3) is 6.71. The number of amides is 3. The molecule has 3 amide bonds. The number of fused-ring (bicyclic) bond motifs is 3. The minimum atomic E-state index is -0.860. The van der Waals surface area contributed by atoms with Crippen molar-refractivity contribution in [3.63, 3.8) is 0 Å². The molecule has 0 bridgehead atoms. The number of hydrogen-bond donors (Lipinski definition) is 3. The number of ether oxygens (including phenoxy) is 4. The second-order valence-corrected chi connectivity index (χ2v) is 9.69. The van der Waals surface area contributed by atoms with Gasteiger partial charge in [0.25, 0.3) is 0 Å². The van der Waals surface area contributed by atoms with E-state index in [1.807, 2.05) is 48.5 Å². The van der Waals surface area contributed by atoms with Crippen molar-refractivity contribution in [3.8, 4) is 28.4 Å². The first-order valence-corrected chi connectivity index (χ1v) is 13.3. The first-order chi connectivity index (χ1) is 19.7. The third-order valence-corrected chi connectivity index (χ3v) is 6.90. The van der Waals surface area contributed by atoms with Gasteiger partial charge in [-0.25, -0.2) is 4.79 Å². The normalized spacial score (nSPS) is 14.3. The zero-order valence-corrected chi connectivity index (χ0v) is 23.8. The third-order valence-electron chi connectivity index (χ3n) is 6.90. The van der Waals surface area contributed by atoms with Crippen LogP contribution in [0.4, 0.5) is 10.5 Å². The van der Waals surface area contributed by atoms with Crippen LogP contribution in [0.3, 0.4) is 0 Å². The maximum absolute atomic E-state index is 13.0. The zero-order valence-electron chi connectivity index (χ0n) is 23.8. The molecule has 0 radical (unpaired) electrons. The topological polar surface area (TPSA) is 124 Å². The smallest absolute Gasteiger partial charge is 0.408 e. The second kappa shape index (κ2) is 13.1. The predicted molar refractivity (Wildman–Crippen MR) is 154 cm³/mol. The number of benzene rings is 3. The molecule has 3 aromatic carbocycles. The summed E-state index contributed by atoms with van der Waals surface area (Å²) in [6, 6.07) is 15.5. The standard InChI is InChI=1S/C31H35N3O7/c1-18(32-31(37)41-17-20-9-7-6-8-10-20)30(36)34-22-12-13-23-24(16-22)25(33-19(2)35)14-11-21-15-26(38-3)28(39-4)29(40-5)27(21)23/h6-10,12-13,15-16,18,25H,11,14,17H2,1-5H3,(H,32,37)(H,33,35)(H,34,36). The van der Waals surface area contributed by atoms with E-state index in [9.17, 15) is 14.4 Å². The largest absolute Gasteiger partial charge is 0.493 e. The molecule has 0 heterocycles. The van der Waals surface area contributed by atoms with Crippen molar-refractivity contribution in [3.05, 3.63) is 71.3 Å². The van der Waals surface area contributed by atoms with Crippen LogP contribution in [0.15, 0.2) is 54.6 Å². The SMILES string of the molecule is COc1cc2c(c(OC)c1OC)-c1ccc(NC(=O)C(C)NC(=O)OCc3ccccc3)cc1C(NC(C)=O)CC2. The van der Waals surface area contributed by atoms with Gasteiger partial charge in [0.1, 0.15) is 12.6 Å². The minimum absolute atomic E-state index is 0.0952. The van der Waals surface area contributed by atoms with Gasteiger partial charge in [-0.2, -0.15) is 0 Å². The molecule has 2 unspecified atom stereocenters. The summed E-state index contributed by atoms with van der Waals surface area (Å²) in [5, 5.41) is 8.45. The molecular formula is C31H35N3O7. The average Bonchev–Trinajstić information content (AvgIpc) is 3.11. The molecule has 0 saturated carbocycles. The van der Waals surface area contributed by atoms with Crippen LogP contribution in [0.1, 0.15) is 43.0 Å². The molecule has 41 heavy (non-hydrogen) atoms. The van der Waals surface area contributed by atoms with E-state index in [1.165, 1.54) is 6.92 Å². The van der Waals surface area contributed by atoms with E-state index in [-0.39, 0.29) is 18.6 Å². The van der Waals surface area contributed by atoms with Gasteiger partial charge in [0.05, 0.1) is 27.4 Å². The van der Waals surface area contributed by atoms with Crippen molar-refractivity contribution in [2.45, 2.75) is 45.4 Å². The fourth-order valence-electron chi connectivity index (χ4n) is 4.96. The summed E-state index contributed by atoms with van der Waals surface area (Å²) in [7, 11) is 4.69. The lowest BCUT2D eigenvalue weighted by molar-refractivity contribution is -0.120. The average molecular weight is 562 g/mol. The van der Waals surface area contributed by atoms with Gasteiger partial charge in [-0.1, -0.05) is 36.4 Å². The van der Waals surface area contributed by atoms with Gasteiger partial charge in [0, 0.05) is 18.2 Å².